The third-order valence-electron chi connectivity index (χ3n) is 7.06. The summed E-state index contributed by atoms with van der Waals surface area (Å²) in [4.78, 5) is 22.6. The number of aryl methyl sites for hydroxylation is 1. The maximum Gasteiger partial charge on any atom is 0.419 e. The number of hydrogen-bond acceptors (Lipinski definition) is 5. The average Bonchev–Trinajstić information content (AvgIpc) is 3.50. The predicted molar refractivity (Wildman–Crippen MR) is 123 cm³/mol. The lowest BCUT2D eigenvalue weighted by Crippen LogP contribution is -2.49. The number of urea groups is 1. The molecule has 2 aliphatic heterocycles. The van der Waals surface area contributed by atoms with E-state index in [2.05, 4.69) is 20.4 Å². The van der Waals surface area contributed by atoms with E-state index < -0.39 is 28.9 Å². The third-order valence-corrected chi connectivity index (χ3v) is 7.06. The van der Waals surface area contributed by atoms with Crippen LogP contribution in [0.1, 0.15) is 43.6 Å². The SMILES string of the molecule is CC(C)(NC(=O)N1CCC2(CCn3nc(-c4cnc(N)c(C(F)(F)F)c4)cc32)C1)c1ncccc1F. The fourth-order valence-electron chi connectivity index (χ4n) is 5.16. The van der Waals surface area contributed by atoms with Crippen molar-refractivity contribution in [2.75, 3.05) is 18.8 Å². The van der Waals surface area contributed by atoms with Crippen LogP contribution in [0.4, 0.5) is 28.2 Å². The lowest BCUT2D eigenvalue weighted by molar-refractivity contribution is -0.137. The van der Waals surface area contributed by atoms with Gasteiger partial charge in [0, 0.05) is 48.7 Å². The molecule has 0 bridgehead atoms. The Kier molecular flexibility index (Phi) is 5.45. The number of carbonyl (C=O) groups excluding carboxylic acids is 1. The number of likely N-dealkylation sites (tertiary alicyclic amines) is 1. The van der Waals surface area contributed by atoms with Gasteiger partial charge < -0.3 is 16.0 Å². The minimum atomic E-state index is -4.62. The highest BCUT2D eigenvalue weighted by atomic mass is 19.4. The zero-order chi connectivity index (χ0) is 25.9. The zero-order valence-electron chi connectivity index (χ0n) is 19.7. The first kappa shape index (κ1) is 24.0. The molecule has 5 rings (SSSR count). The lowest BCUT2D eigenvalue weighted by atomic mass is 9.82. The van der Waals surface area contributed by atoms with Crippen LogP contribution in [0, 0.1) is 5.82 Å². The van der Waals surface area contributed by atoms with Crippen LogP contribution in [0.3, 0.4) is 0 Å². The van der Waals surface area contributed by atoms with Gasteiger partial charge in [0.05, 0.1) is 16.8 Å². The molecule has 3 N–H and O–H groups in total. The molecule has 0 aromatic carbocycles. The van der Waals surface area contributed by atoms with E-state index in [0.29, 0.717) is 31.7 Å². The van der Waals surface area contributed by atoms with Crippen LogP contribution < -0.4 is 11.1 Å². The fourth-order valence-corrected chi connectivity index (χ4v) is 5.16. The quantitative estimate of drug-likeness (QED) is 0.525. The second-order valence-corrected chi connectivity index (χ2v) is 9.88. The number of amides is 2. The molecule has 8 nitrogen and oxygen atoms in total. The molecule has 1 unspecified atom stereocenters. The molecule has 190 valence electrons. The van der Waals surface area contributed by atoms with Gasteiger partial charge in [0.15, 0.2) is 0 Å². The van der Waals surface area contributed by atoms with E-state index in [1.165, 1.54) is 24.5 Å². The number of hydrogen-bond donors (Lipinski definition) is 2. The molecular weight excluding hydrogens is 478 g/mol. The number of anilines is 1. The molecule has 1 fully saturated rings. The van der Waals surface area contributed by atoms with Crippen molar-refractivity contribution < 1.29 is 22.4 Å². The number of nitrogens with zero attached hydrogens (tertiary/aromatic N) is 5. The number of rotatable bonds is 3. The molecule has 1 spiro atoms. The predicted octanol–water partition coefficient (Wildman–Crippen LogP) is 4.07. The molecular formula is C24H25F4N7O. The Bertz CT molecular complexity index is 1340. The Labute approximate surface area is 204 Å². The Hall–Kier alpha value is -3.70. The first-order chi connectivity index (χ1) is 16.9. The number of carbonyl (C=O) groups is 1. The molecule has 36 heavy (non-hydrogen) atoms. The summed E-state index contributed by atoms with van der Waals surface area (Å²) in [6.07, 6.45) is -0.434. The monoisotopic (exact) mass is 503 g/mol. The first-order valence-electron chi connectivity index (χ1n) is 11.5. The molecule has 0 radical (unpaired) electrons. The summed E-state index contributed by atoms with van der Waals surface area (Å²) in [5.41, 5.74) is 4.64. The van der Waals surface area contributed by atoms with Crippen LogP contribution in [-0.2, 0) is 23.7 Å². The van der Waals surface area contributed by atoms with Gasteiger partial charge in [-0.15, -0.1) is 0 Å². The normalized spacial score (nSPS) is 19.7. The number of pyridine rings is 2. The van der Waals surface area contributed by atoms with Crippen LogP contribution in [0.15, 0.2) is 36.7 Å². The number of fused-ring (bicyclic) bond motifs is 2. The van der Waals surface area contributed by atoms with Crippen LogP contribution in [0.25, 0.3) is 11.3 Å². The summed E-state index contributed by atoms with van der Waals surface area (Å²) >= 11 is 0. The number of alkyl halides is 3. The molecule has 0 aliphatic carbocycles. The fraction of sp³-hybridized carbons (Fsp3) is 0.417. The average molecular weight is 504 g/mol. The number of aromatic nitrogens is 4. The zero-order valence-corrected chi connectivity index (χ0v) is 19.7. The van der Waals surface area contributed by atoms with Gasteiger partial charge in [0.25, 0.3) is 0 Å². The van der Waals surface area contributed by atoms with Crippen molar-refractivity contribution in [3.63, 3.8) is 0 Å². The van der Waals surface area contributed by atoms with Gasteiger partial charge in [0.1, 0.15) is 17.3 Å². The Morgan fingerprint density at radius 1 is 1.17 bits per heavy atom. The van der Waals surface area contributed by atoms with Gasteiger partial charge in [-0.05, 0) is 51.0 Å². The maximum absolute atomic E-state index is 14.3. The Morgan fingerprint density at radius 3 is 2.64 bits per heavy atom. The van der Waals surface area contributed by atoms with Crippen molar-refractivity contribution in [2.24, 2.45) is 0 Å². The number of nitrogen functional groups attached to an aromatic ring is 1. The lowest BCUT2D eigenvalue weighted by Gasteiger charge is -2.30. The Morgan fingerprint density at radius 2 is 1.92 bits per heavy atom. The molecule has 1 saturated heterocycles. The molecule has 12 heteroatoms. The van der Waals surface area contributed by atoms with Crippen molar-refractivity contribution in [1.82, 2.24) is 30.0 Å². The van der Waals surface area contributed by atoms with E-state index in [4.69, 9.17) is 5.73 Å². The van der Waals surface area contributed by atoms with E-state index in [1.54, 1.807) is 29.5 Å². The summed E-state index contributed by atoms with van der Waals surface area (Å²) in [5.74, 6) is -1.08. The highest BCUT2D eigenvalue weighted by Gasteiger charge is 2.47. The third kappa shape index (κ3) is 4.03. The molecule has 5 heterocycles. The summed E-state index contributed by atoms with van der Waals surface area (Å²) in [5, 5.41) is 7.39. The summed E-state index contributed by atoms with van der Waals surface area (Å²) in [6, 6.07) is 5.18. The largest absolute Gasteiger partial charge is 0.419 e. The summed E-state index contributed by atoms with van der Waals surface area (Å²) in [7, 11) is 0. The topological polar surface area (TPSA) is 102 Å². The molecule has 2 aliphatic rings. The first-order valence-corrected chi connectivity index (χ1v) is 11.5. The number of halogens is 4. The van der Waals surface area contributed by atoms with E-state index in [-0.39, 0.29) is 22.7 Å². The van der Waals surface area contributed by atoms with Crippen LogP contribution in [0.5, 0.6) is 0 Å². The van der Waals surface area contributed by atoms with Crippen molar-refractivity contribution >= 4 is 11.8 Å². The number of nitrogens with one attached hydrogen (secondary N) is 1. The van der Waals surface area contributed by atoms with E-state index in [9.17, 15) is 22.4 Å². The van der Waals surface area contributed by atoms with Gasteiger partial charge in [-0.2, -0.15) is 18.3 Å². The smallest absolute Gasteiger partial charge is 0.383 e. The van der Waals surface area contributed by atoms with Crippen LogP contribution in [-0.4, -0.2) is 43.8 Å². The van der Waals surface area contributed by atoms with Gasteiger partial charge in [-0.3, -0.25) is 9.67 Å². The molecule has 3 aromatic rings. The molecule has 3 aromatic heterocycles. The minimum Gasteiger partial charge on any atom is -0.383 e. The van der Waals surface area contributed by atoms with E-state index in [1.807, 2.05) is 0 Å². The Balaban J connectivity index is 1.36. The standard InChI is InChI=1S/C24H25F4N7O/c1-22(2,19-16(25)4-3-7-30-19)32-21(36)34-8-5-23(13-34)6-9-35-18(23)11-17(33-35)14-10-15(24(26,27)28)20(29)31-12-14/h3-4,7,10-12H,5-6,8-9,13H2,1-2H3,(H2,29,31)(H,32,36). The highest BCUT2D eigenvalue weighted by molar-refractivity contribution is 5.76. The second kappa shape index (κ2) is 8.17. The van der Waals surface area contributed by atoms with E-state index >= 15 is 0 Å². The minimum absolute atomic E-state index is 0.145. The second-order valence-electron chi connectivity index (χ2n) is 9.88. The van der Waals surface area contributed by atoms with Crippen molar-refractivity contribution in [3.8, 4) is 11.3 Å². The van der Waals surface area contributed by atoms with Gasteiger partial charge in [0.2, 0.25) is 0 Å². The number of nitrogens with two attached hydrogens (primary N) is 1. The maximum atomic E-state index is 14.3. The van der Waals surface area contributed by atoms with Gasteiger partial charge in [-0.1, -0.05) is 0 Å². The molecule has 2 amide bonds. The van der Waals surface area contributed by atoms with E-state index in [0.717, 1.165) is 18.2 Å². The summed E-state index contributed by atoms with van der Waals surface area (Å²) in [6.45, 7) is 4.86. The van der Waals surface area contributed by atoms with Crippen LogP contribution in [0.2, 0.25) is 0 Å². The summed E-state index contributed by atoms with van der Waals surface area (Å²) < 4.78 is 55.9. The van der Waals surface area contributed by atoms with Gasteiger partial charge in [-0.25, -0.2) is 14.2 Å². The molecule has 1 atom stereocenters. The van der Waals surface area contributed by atoms with Crippen molar-refractivity contribution in [2.45, 2.75) is 50.4 Å². The highest BCUT2D eigenvalue weighted by Crippen LogP contribution is 2.44. The van der Waals surface area contributed by atoms with Crippen molar-refractivity contribution in [3.05, 3.63) is 59.4 Å². The van der Waals surface area contributed by atoms with Gasteiger partial charge >= 0.3 is 12.2 Å². The van der Waals surface area contributed by atoms with Crippen molar-refractivity contribution in [1.29, 1.82) is 0 Å². The van der Waals surface area contributed by atoms with Crippen LogP contribution >= 0.6 is 0 Å². The molecule has 0 saturated carbocycles.